The lowest BCUT2D eigenvalue weighted by Crippen LogP contribution is -2.51. The molecule has 0 aromatic carbocycles. The lowest BCUT2D eigenvalue weighted by Gasteiger charge is -2.24. The minimum Gasteiger partial charge on any atom is -0.480 e. The van der Waals surface area contributed by atoms with E-state index in [2.05, 4.69) is 5.32 Å². The van der Waals surface area contributed by atoms with E-state index in [1.165, 1.54) is 0 Å². The predicted octanol–water partition coefficient (Wildman–Crippen LogP) is 1.23. The monoisotopic (exact) mass is 235 g/mol. The maximum atomic E-state index is 12.3. The zero-order valence-corrected chi connectivity index (χ0v) is 7.63. The number of hydrogen-bond acceptors (Lipinski definition) is 3. The van der Waals surface area contributed by atoms with E-state index in [0.717, 1.165) is 0 Å². The summed E-state index contributed by atoms with van der Waals surface area (Å²) in [5.74, 6) is -1.92. The minimum atomic E-state index is -4.81. The third-order valence-corrected chi connectivity index (χ3v) is 3.37. The Bertz CT molecular complexity index is 236. The normalized spacial score (nSPS) is 34.9. The topological polar surface area (TPSA) is 49.3 Å². The van der Waals surface area contributed by atoms with Crippen molar-refractivity contribution in [3.8, 4) is 0 Å². The molecular formula is C5H5ClF3NO2S. The van der Waals surface area contributed by atoms with Crippen molar-refractivity contribution in [1.29, 1.82) is 0 Å². The van der Waals surface area contributed by atoms with Gasteiger partial charge in [0.2, 0.25) is 4.75 Å². The van der Waals surface area contributed by atoms with Gasteiger partial charge in [0.05, 0.1) is 0 Å². The molecule has 13 heavy (non-hydrogen) atoms. The molecule has 8 heteroatoms. The van der Waals surface area contributed by atoms with E-state index < -0.39 is 28.3 Å². The molecule has 0 amide bonds. The molecule has 1 fully saturated rings. The van der Waals surface area contributed by atoms with Crippen LogP contribution in [0.5, 0.6) is 0 Å². The van der Waals surface area contributed by atoms with E-state index in [4.69, 9.17) is 16.7 Å². The Hall–Kier alpha value is -0.140. The molecule has 2 atom stereocenters. The summed E-state index contributed by atoms with van der Waals surface area (Å²) in [5, 5.41) is 10.7. The number of nitrogens with one attached hydrogen (secondary N) is 1. The molecule has 1 aliphatic rings. The van der Waals surface area contributed by atoms with Gasteiger partial charge in [-0.3, -0.25) is 10.1 Å². The van der Waals surface area contributed by atoms with Gasteiger partial charge in [0, 0.05) is 6.54 Å². The standard InChI is InChI=1S/C5H5ClF3NO2S/c6-3-10-1-4(13-3,2(11)12)5(7,8)9/h3,10H,1H2,(H,11,12). The first-order chi connectivity index (χ1) is 5.79. The number of halogens is 4. The van der Waals surface area contributed by atoms with Crippen molar-refractivity contribution < 1.29 is 23.1 Å². The fourth-order valence-corrected chi connectivity index (χ4v) is 2.35. The highest BCUT2D eigenvalue weighted by Crippen LogP contribution is 2.47. The van der Waals surface area contributed by atoms with Gasteiger partial charge < -0.3 is 5.11 Å². The van der Waals surface area contributed by atoms with Gasteiger partial charge in [0.1, 0.15) is 4.83 Å². The van der Waals surface area contributed by atoms with E-state index in [9.17, 15) is 18.0 Å². The van der Waals surface area contributed by atoms with Crippen LogP contribution in [-0.2, 0) is 4.79 Å². The van der Waals surface area contributed by atoms with E-state index >= 15 is 0 Å². The van der Waals surface area contributed by atoms with Crippen molar-refractivity contribution in [2.45, 2.75) is 15.8 Å². The van der Waals surface area contributed by atoms with Crippen LogP contribution in [0.2, 0.25) is 0 Å². The van der Waals surface area contributed by atoms with Crippen LogP contribution in [0.4, 0.5) is 13.2 Å². The number of carbonyl (C=O) groups is 1. The number of carboxylic acids is 1. The van der Waals surface area contributed by atoms with Crippen LogP contribution in [0, 0.1) is 0 Å². The second-order valence-corrected chi connectivity index (χ2v) is 4.54. The molecule has 0 radical (unpaired) electrons. The minimum absolute atomic E-state index is 0.158. The summed E-state index contributed by atoms with van der Waals surface area (Å²) in [6, 6.07) is 0. The van der Waals surface area contributed by atoms with Crippen LogP contribution in [0.3, 0.4) is 0 Å². The summed E-state index contributed by atoms with van der Waals surface area (Å²) in [7, 11) is 0. The summed E-state index contributed by atoms with van der Waals surface area (Å²) < 4.78 is 34.2. The molecule has 0 aromatic heterocycles. The zero-order chi connectivity index (χ0) is 10.3. The Morgan fingerprint density at radius 2 is 2.23 bits per heavy atom. The summed E-state index contributed by atoms with van der Waals surface area (Å²) >= 11 is 5.49. The van der Waals surface area contributed by atoms with Gasteiger partial charge in [-0.15, -0.1) is 0 Å². The van der Waals surface area contributed by atoms with Gasteiger partial charge in [0.25, 0.3) is 0 Å². The largest absolute Gasteiger partial charge is 0.480 e. The van der Waals surface area contributed by atoms with E-state index in [1.54, 1.807) is 0 Å². The Kier molecular flexibility index (Phi) is 2.70. The molecule has 3 nitrogen and oxygen atoms in total. The van der Waals surface area contributed by atoms with E-state index in [0.29, 0.717) is 0 Å². The highest BCUT2D eigenvalue weighted by Gasteiger charge is 2.64. The maximum absolute atomic E-state index is 12.3. The maximum Gasteiger partial charge on any atom is 0.415 e. The predicted molar refractivity (Wildman–Crippen MR) is 41.7 cm³/mol. The first-order valence-corrected chi connectivity index (χ1v) is 4.46. The Morgan fingerprint density at radius 1 is 1.69 bits per heavy atom. The molecular weight excluding hydrogens is 231 g/mol. The van der Waals surface area contributed by atoms with Crippen LogP contribution < -0.4 is 5.32 Å². The lowest BCUT2D eigenvalue weighted by atomic mass is 10.1. The first-order valence-electron chi connectivity index (χ1n) is 3.15. The number of hydrogen-bond donors (Lipinski definition) is 2. The van der Waals surface area contributed by atoms with Crippen molar-refractivity contribution in [2.75, 3.05) is 6.54 Å². The third kappa shape index (κ3) is 1.72. The first kappa shape index (κ1) is 10.9. The van der Waals surface area contributed by atoms with Crippen molar-refractivity contribution in [1.82, 2.24) is 5.32 Å². The molecule has 76 valence electrons. The molecule has 0 spiro atoms. The number of rotatable bonds is 1. The molecule has 0 aromatic rings. The van der Waals surface area contributed by atoms with Gasteiger partial charge in [-0.05, 0) is 0 Å². The molecule has 0 bridgehead atoms. The van der Waals surface area contributed by atoms with Gasteiger partial charge in [0.15, 0.2) is 0 Å². The Morgan fingerprint density at radius 3 is 2.38 bits per heavy atom. The zero-order valence-electron chi connectivity index (χ0n) is 6.06. The van der Waals surface area contributed by atoms with Crippen LogP contribution in [0.15, 0.2) is 0 Å². The van der Waals surface area contributed by atoms with E-state index in [-0.39, 0.29) is 11.8 Å². The average molecular weight is 236 g/mol. The fourth-order valence-electron chi connectivity index (χ4n) is 0.898. The van der Waals surface area contributed by atoms with Crippen molar-refractivity contribution >= 4 is 29.3 Å². The molecule has 2 N–H and O–H groups in total. The van der Waals surface area contributed by atoms with Crippen LogP contribution in [-0.4, -0.2) is 33.4 Å². The quantitative estimate of drug-likeness (QED) is 0.530. The molecule has 0 saturated carbocycles. The summed E-state index contributed by atoms with van der Waals surface area (Å²) in [6.45, 7) is -0.704. The van der Waals surface area contributed by atoms with Gasteiger partial charge in [-0.1, -0.05) is 23.4 Å². The summed E-state index contributed by atoms with van der Waals surface area (Å²) in [6.07, 6.45) is -4.81. The van der Waals surface area contributed by atoms with E-state index in [1.807, 2.05) is 0 Å². The lowest BCUT2D eigenvalue weighted by molar-refractivity contribution is -0.180. The van der Waals surface area contributed by atoms with Crippen molar-refractivity contribution in [3.05, 3.63) is 0 Å². The highest BCUT2D eigenvalue weighted by atomic mass is 35.5. The highest BCUT2D eigenvalue weighted by molar-refractivity contribution is 8.03. The molecule has 2 unspecified atom stereocenters. The second kappa shape index (κ2) is 3.21. The molecule has 1 heterocycles. The Balaban J connectivity index is 2.97. The smallest absolute Gasteiger partial charge is 0.415 e. The molecule has 1 saturated heterocycles. The average Bonchev–Trinajstić information content (AvgIpc) is 2.30. The number of thioether (sulfide) groups is 1. The van der Waals surface area contributed by atoms with Crippen molar-refractivity contribution in [3.63, 3.8) is 0 Å². The van der Waals surface area contributed by atoms with Crippen LogP contribution >= 0.6 is 23.4 Å². The van der Waals surface area contributed by atoms with Gasteiger partial charge >= 0.3 is 12.1 Å². The van der Waals surface area contributed by atoms with Gasteiger partial charge in [-0.2, -0.15) is 13.2 Å². The van der Waals surface area contributed by atoms with Crippen LogP contribution in [0.25, 0.3) is 0 Å². The fraction of sp³-hybridized carbons (Fsp3) is 0.800. The SMILES string of the molecule is O=C(O)C1(C(F)(F)F)CNC(Cl)S1. The molecule has 0 aliphatic carbocycles. The third-order valence-electron chi connectivity index (χ3n) is 1.62. The van der Waals surface area contributed by atoms with Crippen molar-refractivity contribution in [2.24, 2.45) is 0 Å². The second-order valence-electron chi connectivity index (χ2n) is 2.44. The number of aliphatic carboxylic acids is 1. The molecule has 1 rings (SSSR count). The molecule has 1 aliphatic heterocycles. The number of carboxylic acid groups (broad SMARTS) is 1. The van der Waals surface area contributed by atoms with Crippen LogP contribution in [0.1, 0.15) is 0 Å². The number of alkyl halides is 4. The van der Waals surface area contributed by atoms with Gasteiger partial charge in [-0.25, -0.2) is 0 Å². The summed E-state index contributed by atoms with van der Waals surface area (Å²) in [5.41, 5.74) is 0. The Labute approximate surface area is 80.6 Å². The summed E-state index contributed by atoms with van der Waals surface area (Å²) in [4.78, 5) is 9.46.